The summed E-state index contributed by atoms with van der Waals surface area (Å²) < 4.78 is 3.56. The molecule has 0 bridgehead atoms. The smallest absolute Gasteiger partial charge is 0.258 e. The lowest BCUT2D eigenvalue weighted by Gasteiger charge is -2.03. The van der Waals surface area contributed by atoms with E-state index < -0.39 is 0 Å². The zero-order valence-corrected chi connectivity index (χ0v) is 10.1. The molecule has 0 aliphatic heterocycles. The first-order chi connectivity index (χ1) is 8.81. The maximum absolute atomic E-state index is 12.0. The standard InChI is InChI=1S/C11H9N5OS/c12-7-3-5-8-4-1-2-6-9(8)10(17)13-11-14-15-16-18-11/h1-2,4,6H,7,12H2,(H,13,14,16,17). The molecule has 90 valence electrons. The number of hydrogen-bond donors (Lipinski definition) is 2. The van der Waals surface area contributed by atoms with Crippen molar-refractivity contribution >= 4 is 22.6 Å². The minimum Gasteiger partial charge on any atom is -0.320 e. The molecule has 1 aromatic heterocycles. The topological polar surface area (TPSA) is 93.8 Å². The highest BCUT2D eigenvalue weighted by atomic mass is 32.1. The Morgan fingerprint density at radius 2 is 2.28 bits per heavy atom. The number of nitrogens with zero attached hydrogens (tertiary/aromatic N) is 3. The fourth-order valence-corrected chi connectivity index (χ4v) is 1.64. The largest absolute Gasteiger partial charge is 0.320 e. The van der Waals surface area contributed by atoms with E-state index in [4.69, 9.17) is 5.73 Å². The summed E-state index contributed by atoms with van der Waals surface area (Å²) in [7, 11) is 0. The molecular weight excluding hydrogens is 250 g/mol. The second-order valence-corrected chi connectivity index (χ2v) is 3.91. The van der Waals surface area contributed by atoms with E-state index in [2.05, 4.69) is 32.0 Å². The van der Waals surface area contributed by atoms with Crippen LogP contribution in [0.1, 0.15) is 15.9 Å². The Hall–Kier alpha value is -2.30. The molecule has 6 nitrogen and oxygen atoms in total. The minimum absolute atomic E-state index is 0.246. The maximum atomic E-state index is 12.0. The Morgan fingerprint density at radius 1 is 1.44 bits per heavy atom. The summed E-state index contributed by atoms with van der Waals surface area (Å²) >= 11 is 1.01. The summed E-state index contributed by atoms with van der Waals surface area (Å²) in [6.45, 7) is 0.246. The van der Waals surface area contributed by atoms with Crippen LogP contribution in [-0.4, -0.2) is 27.3 Å². The molecule has 0 aliphatic rings. The summed E-state index contributed by atoms with van der Waals surface area (Å²) in [6.07, 6.45) is 0. The average molecular weight is 259 g/mol. The Balaban J connectivity index is 2.24. The van der Waals surface area contributed by atoms with Crippen LogP contribution in [0.4, 0.5) is 5.13 Å². The Kier molecular flexibility index (Phi) is 3.96. The summed E-state index contributed by atoms with van der Waals surface area (Å²) in [5.41, 5.74) is 6.40. The van der Waals surface area contributed by atoms with Gasteiger partial charge in [0.15, 0.2) is 0 Å². The molecule has 1 heterocycles. The number of nitrogens with one attached hydrogen (secondary N) is 1. The number of carbonyl (C=O) groups is 1. The Morgan fingerprint density at radius 3 is 3.00 bits per heavy atom. The van der Waals surface area contributed by atoms with Gasteiger partial charge >= 0.3 is 0 Å². The molecule has 0 fully saturated rings. The van der Waals surface area contributed by atoms with Crippen molar-refractivity contribution in [1.29, 1.82) is 0 Å². The van der Waals surface area contributed by atoms with Crippen LogP contribution in [0.2, 0.25) is 0 Å². The van der Waals surface area contributed by atoms with Crippen LogP contribution in [-0.2, 0) is 0 Å². The number of nitrogens with two attached hydrogens (primary N) is 1. The van der Waals surface area contributed by atoms with Crippen LogP contribution in [0.5, 0.6) is 0 Å². The molecule has 2 aromatic rings. The zero-order valence-electron chi connectivity index (χ0n) is 9.25. The van der Waals surface area contributed by atoms with Crippen molar-refractivity contribution in [3.63, 3.8) is 0 Å². The van der Waals surface area contributed by atoms with Crippen molar-refractivity contribution < 1.29 is 4.79 Å². The van der Waals surface area contributed by atoms with E-state index in [9.17, 15) is 4.79 Å². The van der Waals surface area contributed by atoms with Crippen LogP contribution in [0.3, 0.4) is 0 Å². The molecule has 18 heavy (non-hydrogen) atoms. The zero-order chi connectivity index (χ0) is 12.8. The highest BCUT2D eigenvalue weighted by Crippen LogP contribution is 2.11. The highest BCUT2D eigenvalue weighted by molar-refractivity contribution is 7.09. The van der Waals surface area contributed by atoms with E-state index in [-0.39, 0.29) is 12.5 Å². The molecule has 7 heteroatoms. The van der Waals surface area contributed by atoms with Gasteiger partial charge in [-0.15, -0.1) is 0 Å². The molecule has 0 saturated carbocycles. The first-order valence-corrected chi connectivity index (χ1v) is 5.83. The van der Waals surface area contributed by atoms with Gasteiger partial charge in [-0.05, 0) is 17.3 Å². The van der Waals surface area contributed by atoms with Crippen molar-refractivity contribution in [3.8, 4) is 11.8 Å². The Bertz CT molecular complexity index is 599. The predicted molar refractivity (Wildman–Crippen MR) is 68.0 cm³/mol. The van der Waals surface area contributed by atoms with Crippen molar-refractivity contribution in [1.82, 2.24) is 14.8 Å². The number of anilines is 1. The first-order valence-electron chi connectivity index (χ1n) is 5.05. The van der Waals surface area contributed by atoms with Gasteiger partial charge in [0.05, 0.1) is 12.1 Å². The monoisotopic (exact) mass is 259 g/mol. The van der Waals surface area contributed by atoms with Crippen LogP contribution in [0.15, 0.2) is 24.3 Å². The van der Waals surface area contributed by atoms with Gasteiger partial charge in [0.25, 0.3) is 5.91 Å². The average Bonchev–Trinajstić information content (AvgIpc) is 2.89. The highest BCUT2D eigenvalue weighted by Gasteiger charge is 2.11. The summed E-state index contributed by atoms with van der Waals surface area (Å²) in [5, 5.41) is 9.99. The van der Waals surface area contributed by atoms with Gasteiger partial charge in [0, 0.05) is 17.1 Å². The van der Waals surface area contributed by atoms with Gasteiger partial charge in [-0.1, -0.05) is 33.6 Å². The third-order valence-corrected chi connectivity index (χ3v) is 2.53. The predicted octanol–water partition coefficient (Wildman–Crippen LogP) is 0.496. The lowest BCUT2D eigenvalue weighted by molar-refractivity contribution is 0.102. The number of carbonyl (C=O) groups excluding carboxylic acids is 1. The van der Waals surface area contributed by atoms with E-state index in [1.165, 1.54) is 0 Å². The molecule has 1 amide bonds. The van der Waals surface area contributed by atoms with E-state index in [1.807, 2.05) is 6.07 Å². The van der Waals surface area contributed by atoms with E-state index >= 15 is 0 Å². The van der Waals surface area contributed by atoms with Gasteiger partial charge in [-0.25, -0.2) is 0 Å². The van der Waals surface area contributed by atoms with Crippen LogP contribution in [0, 0.1) is 11.8 Å². The van der Waals surface area contributed by atoms with E-state index in [0.717, 1.165) is 11.5 Å². The van der Waals surface area contributed by atoms with E-state index in [1.54, 1.807) is 18.2 Å². The molecule has 0 unspecified atom stereocenters. The molecular formula is C11H9N5OS. The fraction of sp³-hybridized carbons (Fsp3) is 0.0909. The van der Waals surface area contributed by atoms with Crippen molar-refractivity contribution in [2.45, 2.75) is 0 Å². The number of rotatable bonds is 2. The molecule has 3 N–H and O–H groups in total. The minimum atomic E-state index is -0.296. The van der Waals surface area contributed by atoms with Gasteiger partial charge in [0.2, 0.25) is 5.13 Å². The van der Waals surface area contributed by atoms with Gasteiger partial charge in [-0.3, -0.25) is 10.1 Å². The Labute approximate surface area is 107 Å². The first kappa shape index (κ1) is 12.2. The molecule has 0 spiro atoms. The normalized spacial score (nSPS) is 9.39. The van der Waals surface area contributed by atoms with Crippen molar-refractivity contribution in [2.75, 3.05) is 11.9 Å². The van der Waals surface area contributed by atoms with Gasteiger partial charge in [-0.2, -0.15) is 0 Å². The molecule has 0 atom stereocenters. The van der Waals surface area contributed by atoms with E-state index in [0.29, 0.717) is 16.3 Å². The van der Waals surface area contributed by atoms with Crippen LogP contribution >= 0.6 is 11.5 Å². The summed E-state index contributed by atoms with van der Waals surface area (Å²) in [5.74, 6) is 5.27. The second kappa shape index (κ2) is 5.86. The number of hydrogen-bond acceptors (Lipinski definition) is 6. The molecule has 0 saturated heterocycles. The van der Waals surface area contributed by atoms with Crippen LogP contribution < -0.4 is 11.1 Å². The number of benzene rings is 1. The third kappa shape index (κ3) is 2.88. The summed E-state index contributed by atoms with van der Waals surface area (Å²) in [6, 6.07) is 7.02. The molecule has 0 radical (unpaired) electrons. The lowest BCUT2D eigenvalue weighted by atomic mass is 10.1. The molecule has 2 rings (SSSR count). The van der Waals surface area contributed by atoms with Crippen molar-refractivity contribution in [3.05, 3.63) is 35.4 Å². The van der Waals surface area contributed by atoms with Gasteiger partial charge in [0.1, 0.15) is 0 Å². The molecule has 0 aliphatic carbocycles. The quantitative estimate of drug-likeness (QED) is 0.766. The fourth-order valence-electron chi connectivity index (χ4n) is 1.28. The second-order valence-electron chi connectivity index (χ2n) is 3.17. The lowest BCUT2D eigenvalue weighted by Crippen LogP contribution is -2.13. The van der Waals surface area contributed by atoms with Crippen LogP contribution in [0.25, 0.3) is 0 Å². The maximum Gasteiger partial charge on any atom is 0.258 e. The molecule has 1 aromatic carbocycles. The number of aromatic nitrogens is 3. The van der Waals surface area contributed by atoms with Gasteiger partial charge < -0.3 is 5.73 Å². The summed E-state index contributed by atoms with van der Waals surface area (Å²) in [4.78, 5) is 12.0. The number of amides is 1. The SMILES string of the molecule is NCC#Cc1ccccc1C(=O)Nc1nnns1. The third-order valence-electron chi connectivity index (χ3n) is 2.02. The van der Waals surface area contributed by atoms with Crippen molar-refractivity contribution in [2.24, 2.45) is 5.73 Å².